The summed E-state index contributed by atoms with van der Waals surface area (Å²) in [5.74, 6) is 0. The van der Waals surface area contributed by atoms with E-state index in [1.54, 1.807) is 23.3 Å². The molecule has 0 nitrogen and oxygen atoms in total. The summed E-state index contributed by atoms with van der Waals surface area (Å²) in [4.78, 5) is 0. The van der Waals surface area contributed by atoms with E-state index in [2.05, 4.69) is 0 Å². The van der Waals surface area contributed by atoms with Gasteiger partial charge >= 0.3 is 30.2 Å². The predicted octanol–water partition coefficient (Wildman–Crippen LogP) is 2.23. The normalized spacial score (nSPS) is 3.91. The van der Waals surface area contributed by atoms with Crippen LogP contribution < -0.4 is 0 Å². The molecule has 68 valence electrons. The van der Waals surface area contributed by atoms with Gasteiger partial charge in [0.1, 0.15) is 0 Å². The van der Waals surface area contributed by atoms with Crippen molar-refractivity contribution in [3.05, 3.63) is 45.2 Å². The summed E-state index contributed by atoms with van der Waals surface area (Å²) in [6, 6.07) is 10.0. The van der Waals surface area contributed by atoms with Gasteiger partial charge in [-0.15, -0.1) is 24.8 Å². The van der Waals surface area contributed by atoms with E-state index >= 15 is 0 Å². The van der Waals surface area contributed by atoms with Gasteiger partial charge in [0.05, 0.1) is 0 Å². The third-order valence-corrected chi connectivity index (χ3v) is 0.556. The van der Waals surface area contributed by atoms with E-state index in [-0.39, 0.29) is 39.7 Å². The fraction of sp³-hybridized carbons (Fsp3) is 0. The van der Waals surface area contributed by atoms with Crippen molar-refractivity contribution in [2.45, 2.75) is 0 Å². The molecule has 0 N–H and O–H groups in total. The molecule has 0 saturated heterocycles. The number of hydrogen-bond acceptors (Lipinski definition) is 0. The van der Waals surface area contributed by atoms with E-state index in [4.69, 9.17) is 0 Å². The zero-order chi connectivity index (χ0) is 5.54. The van der Waals surface area contributed by atoms with Gasteiger partial charge in [0.25, 0.3) is 0 Å². The predicted molar refractivity (Wildman–Crippen MR) is 57.9 cm³/mol. The summed E-state index contributed by atoms with van der Waals surface area (Å²) in [5, 5.41) is 0. The van der Waals surface area contributed by atoms with Crippen LogP contribution in [0.25, 0.3) is 0 Å². The number of halogens is 2. The maximum absolute atomic E-state index is 2.00. The van der Waals surface area contributed by atoms with Gasteiger partial charge in [-0.1, -0.05) is 0 Å². The van der Waals surface area contributed by atoms with Gasteiger partial charge in [-0.25, -0.2) is 12.1 Å². The van der Waals surface area contributed by atoms with Crippen molar-refractivity contribution >= 4 is 31.7 Å². The minimum absolute atomic E-state index is 0. The van der Waals surface area contributed by atoms with Crippen molar-refractivity contribution in [1.82, 2.24) is 0 Å². The van der Waals surface area contributed by atoms with Crippen molar-refractivity contribution in [1.29, 1.82) is 0 Å². The van der Waals surface area contributed by atoms with Crippen LogP contribution in [0.1, 0.15) is 0 Å². The molecule has 0 aliphatic carbocycles. The van der Waals surface area contributed by atoms with Crippen molar-refractivity contribution < 1.29 is 23.3 Å². The molecule has 1 aromatic carbocycles. The van der Waals surface area contributed by atoms with E-state index in [9.17, 15) is 0 Å². The Kier molecular flexibility index (Phi) is 82.2. The summed E-state index contributed by atoms with van der Waals surface area (Å²) in [7, 11) is 0. The summed E-state index contributed by atoms with van der Waals surface area (Å²) in [6.45, 7) is 1.95. The molecule has 0 aliphatic heterocycles. The molecule has 0 heterocycles. The van der Waals surface area contributed by atoms with Crippen molar-refractivity contribution in [3.63, 3.8) is 0 Å². The average Bonchev–Trinajstić information content (AvgIpc) is 2.23. The van der Waals surface area contributed by atoms with Gasteiger partial charge in [-0.2, -0.15) is 18.2 Å². The third kappa shape index (κ3) is 24.7. The summed E-state index contributed by atoms with van der Waals surface area (Å²) in [5.41, 5.74) is 0. The largest absolute Gasteiger partial charge is 0.214 e. The molecule has 0 spiro atoms. The van der Waals surface area contributed by atoms with Crippen molar-refractivity contribution in [3.8, 4) is 0 Å². The Morgan fingerprint density at radius 2 is 1.18 bits per heavy atom. The fourth-order valence-electron chi connectivity index (χ4n) is 0.321. The maximum atomic E-state index is 2.00. The van der Waals surface area contributed by atoms with Crippen LogP contribution in [0.3, 0.4) is 0 Å². The molecular formula is C7H15Cl2SiZr-3. The first-order valence-corrected chi connectivity index (χ1v) is 7.94. The second kappa shape index (κ2) is 30.5. The van der Waals surface area contributed by atoms with E-state index in [0.29, 0.717) is 0 Å². The number of hydrogen-bond donors (Lipinski definition) is 0. The second-order valence-corrected chi connectivity index (χ2v) is 0.962. The zero-order valence-corrected chi connectivity index (χ0v) is 12.4. The van der Waals surface area contributed by atoms with Gasteiger partial charge in [0, 0.05) is 0 Å². The summed E-state index contributed by atoms with van der Waals surface area (Å²) < 4.78 is 0. The molecule has 0 amide bonds. The molecule has 0 unspecified atom stereocenters. The molecule has 0 fully saturated rings. The average molecular weight is 289 g/mol. The van der Waals surface area contributed by atoms with Crippen molar-refractivity contribution in [2.75, 3.05) is 0 Å². The first-order chi connectivity index (χ1) is 3.50. The Labute approximate surface area is 99.5 Å². The van der Waals surface area contributed by atoms with Gasteiger partial charge in [-0.3, -0.25) is 0 Å². The minimum atomic E-state index is 0. The van der Waals surface area contributed by atoms with Crippen LogP contribution in [0.4, 0.5) is 0 Å². The van der Waals surface area contributed by atoms with Crippen LogP contribution >= 0.6 is 24.8 Å². The molecule has 11 heavy (non-hydrogen) atoms. The molecule has 0 aromatic heterocycles. The van der Waals surface area contributed by atoms with Crippen LogP contribution in [-0.4, -0.2) is 6.88 Å². The van der Waals surface area contributed by atoms with E-state index in [0.717, 1.165) is 0 Å². The fourth-order valence-corrected chi connectivity index (χ4v) is 0.321. The van der Waals surface area contributed by atoms with Gasteiger partial charge < -0.3 is 14.9 Å². The Hall–Kier alpha value is 1.03. The number of rotatable bonds is 0. The molecule has 0 radical (unpaired) electrons. The second-order valence-electron chi connectivity index (χ2n) is 0.962. The third-order valence-electron chi connectivity index (χ3n) is 0.556. The smallest absolute Gasteiger partial charge is 0.172 e. The van der Waals surface area contributed by atoms with Gasteiger partial charge in [0.15, 0.2) is 0 Å². The standard InChI is InChI=1S/C5H5.2CH3.2ClH.H2Si.Zr/c1-2-4-5-3-1;;;;;;/h1-5H;2*1H3;2*1H;1H2;/q3*-1;;;;. The Morgan fingerprint density at radius 3 is 1.27 bits per heavy atom. The van der Waals surface area contributed by atoms with Gasteiger partial charge in [0.2, 0.25) is 0 Å². The summed E-state index contributed by atoms with van der Waals surface area (Å²) >= 11 is 1.58. The Morgan fingerprint density at radius 1 is 0.909 bits per heavy atom. The van der Waals surface area contributed by atoms with E-state index in [1.165, 1.54) is 0 Å². The SMILES string of the molecule is Cl.Cl.[CH3-].[CH3-].[SiH2]=[Zr].c1cc[cH-]c1. The first kappa shape index (κ1) is 29.6. The zero-order valence-electron chi connectivity index (χ0n) is 6.91. The molecule has 0 atom stereocenters. The van der Waals surface area contributed by atoms with Crippen LogP contribution in [0.5, 0.6) is 0 Å². The monoisotopic (exact) mass is 287 g/mol. The molecule has 0 aliphatic rings. The molecular weight excluding hydrogens is 274 g/mol. The minimum Gasteiger partial charge on any atom is -0.214 e. The topological polar surface area (TPSA) is 0 Å². The molecule has 0 saturated carbocycles. The molecule has 1 rings (SSSR count). The Bertz CT molecular complexity index is 83.3. The Balaban J connectivity index is -0.0000000189. The van der Waals surface area contributed by atoms with Crippen LogP contribution in [-0.2, 0) is 23.3 Å². The van der Waals surface area contributed by atoms with Crippen molar-refractivity contribution in [2.24, 2.45) is 0 Å². The van der Waals surface area contributed by atoms with Crippen LogP contribution in [0.15, 0.2) is 30.3 Å². The first-order valence-electron chi connectivity index (χ1n) is 2.02. The molecule has 0 bridgehead atoms. The summed E-state index contributed by atoms with van der Waals surface area (Å²) in [6.07, 6.45) is 0. The molecule has 1 aromatic rings. The van der Waals surface area contributed by atoms with Gasteiger partial charge in [-0.05, 0) is 0 Å². The quantitative estimate of drug-likeness (QED) is 0.507. The van der Waals surface area contributed by atoms with E-state index < -0.39 is 0 Å². The maximum Gasteiger partial charge on any atom is -0.172 e. The van der Waals surface area contributed by atoms with Crippen LogP contribution in [0.2, 0.25) is 0 Å². The molecule has 4 heteroatoms. The van der Waals surface area contributed by atoms with E-state index in [1.807, 2.05) is 37.2 Å². The van der Waals surface area contributed by atoms with Crippen LogP contribution in [0, 0.1) is 14.9 Å².